The topological polar surface area (TPSA) is 110 Å². The maximum atomic E-state index is 11.9. The number of anilines is 1. The molecule has 0 aromatic heterocycles. The molecule has 0 aliphatic carbocycles. The molecule has 3 amide bonds. The molecule has 1 aromatic carbocycles. The summed E-state index contributed by atoms with van der Waals surface area (Å²) in [5.41, 5.74) is 0.809. The van der Waals surface area contributed by atoms with Gasteiger partial charge in [0, 0.05) is 31.9 Å². The Kier molecular flexibility index (Phi) is 6.21. The van der Waals surface area contributed by atoms with Crippen LogP contribution in [0.1, 0.15) is 44.1 Å². The van der Waals surface area contributed by atoms with Crippen molar-refractivity contribution >= 4 is 29.1 Å². The van der Waals surface area contributed by atoms with E-state index in [0.29, 0.717) is 25.8 Å². The van der Waals surface area contributed by atoms with Crippen LogP contribution in [-0.2, 0) is 14.4 Å². The summed E-state index contributed by atoms with van der Waals surface area (Å²) < 4.78 is 0. The average molecular weight is 347 g/mol. The van der Waals surface area contributed by atoms with E-state index in [4.69, 9.17) is 0 Å². The molecule has 1 aromatic rings. The molecule has 1 heterocycles. The Balaban J connectivity index is 1.73. The van der Waals surface area contributed by atoms with E-state index >= 15 is 0 Å². The zero-order chi connectivity index (χ0) is 18.4. The van der Waals surface area contributed by atoms with Crippen LogP contribution in [0.25, 0.3) is 0 Å². The van der Waals surface area contributed by atoms with Gasteiger partial charge >= 0.3 is 0 Å². The number of rotatable bonds is 8. The molecule has 0 bridgehead atoms. The van der Waals surface area contributed by atoms with Gasteiger partial charge in [0.1, 0.15) is 5.69 Å². The number of nitro benzene ring substituents is 1. The number of carbonyl (C=O) groups is 3. The minimum Gasteiger partial charge on any atom is -0.320 e. The third kappa shape index (κ3) is 5.10. The average Bonchev–Trinajstić information content (AvgIpc) is 2.87. The number of hydrogen-bond acceptors (Lipinski definition) is 5. The van der Waals surface area contributed by atoms with E-state index in [1.165, 1.54) is 17.0 Å². The molecule has 0 radical (unpaired) electrons. The summed E-state index contributed by atoms with van der Waals surface area (Å²) in [5.74, 6) is -0.552. The monoisotopic (exact) mass is 347 g/mol. The Hall–Kier alpha value is -2.77. The summed E-state index contributed by atoms with van der Waals surface area (Å²) in [6.45, 7) is 2.14. The number of nitro groups is 1. The fourth-order valence-electron chi connectivity index (χ4n) is 2.72. The molecule has 1 N–H and O–H groups in total. The van der Waals surface area contributed by atoms with Crippen molar-refractivity contribution in [3.63, 3.8) is 0 Å². The molecule has 1 aliphatic heterocycles. The molecule has 8 nitrogen and oxygen atoms in total. The lowest BCUT2D eigenvalue weighted by Crippen LogP contribution is -2.29. The van der Waals surface area contributed by atoms with E-state index in [0.717, 1.165) is 5.56 Å². The largest absolute Gasteiger partial charge is 0.320 e. The normalized spacial score (nSPS) is 14.0. The number of likely N-dealkylation sites (tertiary alicyclic amines) is 1. The molecular weight excluding hydrogens is 326 g/mol. The molecule has 0 unspecified atom stereocenters. The number of hydrogen-bond donors (Lipinski definition) is 1. The van der Waals surface area contributed by atoms with Crippen LogP contribution in [0, 0.1) is 17.0 Å². The van der Waals surface area contributed by atoms with Gasteiger partial charge in [-0.15, -0.1) is 0 Å². The number of nitrogens with one attached hydrogen (secondary N) is 1. The molecule has 134 valence electrons. The highest BCUT2D eigenvalue weighted by Crippen LogP contribution is 2.25. The third-order valence-electron chi connectivity index (χ3n) is 4.06. The predicted molar refractivity (Wildman–Crippen MR) is 90.9 cm³/mol. The first-order chi connectivity index (χ1) is 11.9. The molecule has 2 rings (SSSR count). The number of benzene rings is 1. The maximum Gasteiger partial charge on any atom is 0.293 e. The molecule has 1 aliphatic rings. The van der Waals surface area contributed by atoms with Gasteiger partial charge in [0.05, 0.1) is 4.92 Å². The van der Waals surface area contributed by atoms with Crippen molar-refractivity contribution in [3.8, 4) is 0 Å². The second kappa shape index (κ2) is 8.36. The molecule has 0 atom stereocenters. The van der Waals surface area contributed by atoms with Gasteiger partial charge in [0.15, 0.2) is 0 Å². The van der Waals surface area contributed by atoms with E-state index in [2.05, 4.69) is 5.32 Å². The number of nitrogens with zero attached hydrogens (tertiary/aromatic N) is 2. The van der Waals surface area contributed by atoms with Gasteiger partial charge < -0.3 is 5.32 Å². The highest BCUT2D eigenvalue weighted by molar-refractivity contribution is 6.01. The number of amides is 3. The summed E-state index contributed by atoms with van der Waals surface area (Å²) in [7, 11) is 0. The number of aryl methyl sites for hydroxylation is 1. The Morgan fingerprint density at radius 3 is 2.52 bits per heavy atom. The van der Waals surface area contributed by atoms with Gasteiger partial charge in [-0.3, -0.25) is 29.4 Å². The summed E-state index contributed by atoms with van der Waals surface area (Å²) in [4.78, 5) is 46.6. The first-order valence-electron chi connectivity index (χ1n) is 8.26. The quantitative estimate of drug-likeness (QED) is 0.336. The zero-order valence-electron chi connectivity index (χ0n) is 14.1. The number of unbranched alkanes of at least 4 members (excludes halogenated alkanes) is 2. The highest BCUT2D eigenvalue weighted by atomic mass is 16.6. The molecule has 1 fully saturated rings. The van der Waals surface area contributed by atoms with E-state index < -0.39 is 4.92 Å². The SMILES string of the molecule is Cc1ccc(NC(=O)CCCCCN2C(=O)CCC2=O)c([N+](=O)[O-])c1. The first kappa shape index (κ1) is 18.6. The van der Waals surface area contributed by atoms with Crippen LogP contribution in [-0.4, -0.2) is 34.1 Å². The van der Waals surface area contributed by atoms with E-state index in [-0.39, 0.29) is 48.4 Å². The minimum absolute atomic E-state index is 0.126. The van der Waals surface area contributed by atoms with Crippen LogP contribution in [0.5, 0.6) is 0 Å². The smallest absolute Gasteiger partial charge is 0.293 e. The van der Waals surface area contributed by atoms with E-state index in [9.17, 15) is 24.5 Å². The standard InChI is InChI=1S/C17H21N3O5/c1-12-6-7-13(14(11-12)20(24)25)18-15(21)5-3-2-4-10-19-16(22)8-9-17(19)23/h6-7,11H,2-5,8-10H2,1H3,(H,18,21). The number of imide groups is 1. The lowest BCUT2D eigenvalue weighted by atomic mass is 10.1. The minimum atomic E-state index is -0.521. The van der Waals surface area contributed by atoms with Crippen molar-refractivity contribution in [2.45, 2.75) is 45.4 Å². The van der Waals surface area contributed by atoms with Gasteiger partial charge in [0.25, 0.3) is 5.69 Å². The summed E-state index contributed by atoms with van der Waals surface area (Å²) >= 11 is 0. The van der Waals surface area contributed by atoms with Crippen LogP contribution in [0.15, 0.2) is 18.2 Å². The summed E-state index contributed by atoms with van der Waals surface area (Å²) in [5, 5.41) is 13.6. The van der Waals surface area contributed by atoms with Gasteiger partial charge in [-0.05, 0) is 31.4 Å². The van der Waals surface area contributed by atoms with E-state index in [1.807, 2.05) is 0 Å². The summed E-state index contributed by atoms with van der Waals surface area (Å²) in [6, 6.07) is 4.64. The molecule has 1 saturated heterocycles. The lowest BCUT2D eigenvalue weighted by molar-refractivity contribution is -0.384. The fraction of sp³-hybridized carbons (Fsp3) is 0.471. The second-order valence-electron chi connectivity index (χ2n) is 6.08. The van der Waals surface area contributed by atoms with Crippen LogP contribution in [0.4, 0.5) is 11.4 Å². The van der Waals surface area contributed by atoms with Crippen molar-refractivity contribution in [1.29, 1.82) is 0 Å². The Morgan fingerprint density at radius 2 is 1.88 bits per heavy atom. The lowest BCUT2D eigenvalue weighted by Gasteiger charge is -2.13. The Morgan fingerprint density at radius 1 is 1.20 bits per heavy atom. The van der Waals surface area contributed by atoms with Gasteiger partial charge in [0.2, 0.25) is 17.7 Å². The molecule has 0 saturated carbocycles. The van der Waals surface area contributed by atoms with Crippen LogP contribution < -0.4 is 5.32 Å². The Bertz CT molecular complexity index is 686. The van der Waals surface area contributed by atoms with Gasteiger partial charge in [-0.1, -0.05) is 12.5 Å². The van der Waals surface area contributed by atoms with Crippen molar-refractivity contribution in [3.05, 3.63) is 33.9 Å². The van der Waals surface area contributed by atoms with Crippen LogP contribution in [0.2, 0.25) is 0 Å². The van der Waals surface area contributed by atoms with Crippen molar-refractivity contribution in [2.75, 3.05) is 11.9 Å². The van der Waals surface area contributed by atoms with Crippen molar-refractivity contribution in [2.24, 2.45) is 0 Å². The van der Waals surface area contributed by atoms with E-state index in [1.54, 1.807) is 13.0 Å². The van der Waals surface area contributed by atoms with Crippen molar-refractivity contribution in [1.82, 2.24) is 4.90 Å². The van der Waals surface area contributed by atoms with Gasteiger partial charge in [-0.2, -0.15) is 0 Å². The molecule has 8 heteroatoms. The first-order valence-corrected chi connectivity index (χ1v) is 8.26. The molecule has 25 heavy (non-hydrogen) atoms. The third-order valence-corrected chi connectivity index (χ3v) is 4.06. The van der Waals surface area contributed by atoms with Crippen LogP contribution in [0.3, 0.4) is 0 Å². The maximum absolute atomic E-state index is 11.9. The summed E-state index contributed by atoms with van der Waals surface area (Å²) in [6.07, 6.45) is 2.73. The predicted octanol–water partition coefficient (Wildman–Crippen LogP) is 2.55. The van der Waals surface area contributed by atoms with Gasteiger partial charge in [-0.25, -0.2) is 0 Å². The molecular formula is C17H21N3O5. The van der Waals surface area contributed by atoms with Crippen LogP contribution >= 0.6 is 0 Å². The molecule has 0 spiro atoms. The van der Waals surface area contributed by atoms with Crippen molar-refractivity contribution < 1.29 is 19.3 Å². The number of carbonyl (C=O) groups excluding carboxylic acids is 3. The Labute approximate surface area is 145 Å². The fourth-order valence-corrected chi connectivity index (χ4v) is 2.72. The highest BCUT2D eigenvalue weighted by Gasteiger charge is 2.27. The zero-order valence-corrected chi connectivity index (χ0v) is 14.1. The second-order valence-corrected chi connectivity index (χ2v) is 6.08.